The van der Waals surface area contributed by atoms with E-state index in [1.807, 2.05) is 18.4 Å². The summed E-state index contributed by atoms with van der Waals surface area (Å²) in [6, 6.07) is 4.04. The molecule has 11 heavy (non-hydrogen) atoms. The van der Waals surface area contributed by atoms with Gasteiger partial charge in [0, 0.05) is 0 Å². The van der Waals surface area contributed by atoms with E-state index in [0.717, 1.165) is 11.1 Å². The SMILES string of the molecule is Cc1cc2sccc2nc1Cl. The molecule has 2 rings (SSSR count). The lowest BCUT2D eigenvalue weighted by Gasteiger charge is -1.94. The summed E-state index contributed by atoms with van der Waals surface area (Å²) < 4.78 is 1.20. The molecule has 0 fully saturated rings. The standard InChI is InChI=1S/C8H6ClNS/c1-5-4-7-6(2-3-11-7)10-8(5)9/h2-4H,1H3. The normalized spacial score (nSPS) is 10.7. The van der Waals surface area contributed by atoms with Crippen LogP contribution in [0.5, 0.6) is 0 Å². The average molecular weight is 184 g/mol. The third kappa shape index (κ3) is 1.12. The Hall–Kier alpha value is -0.600. The number of nitrogens with zero attached hydrogens (tertiary/aromatic N) is 1. The molecular weight excluding hydrogens is 178 g/mol. The molecule has 0 saturated carbocycles. The summed E-state index contributed by atoms with van der Waals surface area (Å²) in [5, 5.41) is 2.63. The Morgan fingerprint density at radius 2 is 2.36 bits per heavy atom. The van der Waals surface area contributed by atoms with Crippen LogP contribution in [0.1, 0.15) is 5.56 Å². The minimum Gasteiger partial charge on any atom is -0.235 e. The highest BCUT2D eigenvalue weighted by atomic mass is 35.5. The fraction of sp³-hybridized carbons (Fsp3) is 0.125. The van der Waals surface area contributed by atoms with E-state index in [-0.39, 0.29) is 0 Å². The fourth-order valence-electron chi connectivity index (χ4n) is 0.965. The van der Waals surface area contributed by atoms with Gasteiger partial charge in [0.25, 0.3) is 0 Å². The maximum Gasteiger partial charge on any atom is 0.132 e. The number of aromatic nitrogens is 1. The molecule has 0 aromatic carbocycles. The maximum absolute atomic E-state index is 5.84. The first-order chi connectivity index (χ1) is 5.27. The first kappa shape index (κ1) is 7.07. The first-order valence-electron chi connectivity index (χ1n) is 3.28. The van der Waals surface area contributed by atoms with Crippen molar-refractivity contribution in [2.45, 2.75) is 6.92 Å². The second kappa shape index (κ2) is 2.47. The Morgan fingerprint density at radius 3 is 3.18 bits per heavy atom. The minimum absolute atomic E-state index is 0.607. The van der Waals surface area contributed by atoms with Crippen LogP contribution in [0.4, 0.5) is 0 Å². The number of fused-ring (bicyclic) bond motifs is 1. The molecule has 0 amide bonds. The van der Waals surface area contributed by atoms with Gasteiger partial charge in [-0.3, -0.25) is 0 Å². The van der Waals surface area contributed by atoms with Crippen LogP contribution in [-0.4, -0.2) is 4.98 Å². The molecule has 0 aliphatic heterocycles. The summed E-state index contributed by atoms with van der Waals surface area (Å²) >= 11 is 7.53. The van der Waals surface area contributed by atoms with Crippen molar-refractivity contribution in [1.82, 2.24) is 4.98 Å². The van der Waals surface area contributed by atoms with Gasteiger partial charge in [-0.25, -0.2) is 4.98 Å². The second-order valence-electron chi connectivity index (χ2n) is 2.40. The summed E-state index contributed by atoms with van der Waals surface area (Å²) in [6.07, 6.45) is 0. The van der Waals surface area contributed by atoms with Crippen LogP contribution in [0.2, 0.25) is 5.15 Å². The second-order valence-corrected chi connectivity index (χ2v) is 3.71. The van der Waals surface area contributed by atoms with Gasteiger partial charge in [-0.05, 0) is 30.0 Å². The number of hydrogen-bond donors (Lipinski definition) is 0. The molecule has 0 N–H and O–H groups in total. The highest BCUT2D eigenvalue weighted by Gasteiger charge is 2.00. The van der Waals surface area contributed by atoms with E-state index >= 15 is 0 Å². The van der Waals surface area contributed by atoms with Crippen molar-refractivity contribution in [3.8, 4) is 0 Å². The molecule has 0 unspecified atom stereocenters. The third-order valence-electron chi connectivity index (χ3n) is 1.56. The third-order valence-corrected chi connectivity index (χ3v) is 2.80. The van der Waals surface area contributed by atoms with Gasteiger partial charge in [-0.15, -0.1) is 11.3 Å². The Labute approximate surface area is 73.6 Å². The molecule has 0 spiro atoms. The predicted molar refractivity (Wildman–Crippen MR) is 49.4 cm³/mol. The molecule has 0 radical (unpaired) electrons. The van der Waals surface area contributed by atoms with Crippen molar-refractivity contribution in [3.05, 3.63) is 28.2 Å². The lowest BCUT2D eigenvalue weighted by atomic mass is 10.3. The molecule has 0 saturated heterocycles. The quantitative estimate of drug-likeness (QED) is 0.572. The number of halogens is 1. The van der Waals surface area contributed by atoms with E-state index in [0.29, 0.717) is 5.15 Å². The summed E-state index contributed by atoms with van der Waals surface area (Å²) in [7, 11) is 0. The van der Waals surface area contributed by atoms with Crippen LogP contribution in [0.15, 0.2) is 17.5 Å². The Balaban J connectivity index is 2.86. The van der Waals surface area contributed by atoms with Crippen molar-refractivity contribution in [2.24, 2.45) is 0 Å². The van der Waals surface area contributed by atoms with Gasteiger partial charge in [-0.1, -0.05) is 11.6 Å². The Morgan fingerprint density at radius 1 is 1.55 bits per heavy atom. The van der Waals surface area contributed by atoms with Gasteiger partial charge >= 0.3 is 0 Å². The van der Waals surface area contributed by atoms with Crippen molar-refractivity contribution < 1.29 is 0 Å². The predicted octanol–water partition coefficient (Wildman–Crippen LogP) is 3.26. The summed E-state index contributed by atoms with van der Waals surface area (Å²) in [4.78, 5) is 4.21. The van der Waals surface area contributed by atoms with Crippen molar-refractivity contribution in [2.75, 3.05) is 0 Å². The van der Waals surface area contributed by atoms with Crippen LogP contribution in [0.25, 0.3) is 10.2 Å². The number of rotatable bonds is 0. The van der Waals surface area contributed by atoms with E-state index in [2.05, 4.69) is 11.1 Å². The van der Waals surface area contributed by atoms with Crippen LogP contribution >= 0.6 is 22.9 Å². The smallest absolute Gasteiger partial charge is 0.132 e. The van der Waals surface area contributed by atoms with Gasteiger partial charge in [0.15, 0.2) is 0 Å². The van der Waals surface area contributed by atoms with E-state index in [1.165, 1.54) is 4.70 Å². The summed E-state index contributed by atoms with van der Waals surface area (Å²) in [5.74, 6) is 0. The molecular formula is C8H6ClNS. The van der Waals surface area contributed by atoms with E-state index in [1.54, 1.807) is 11.3 Å². The number of aryl methyl sites for hydroxylation is 1. The number of hydrogen-bond acceptors (Lipinski definition) is 2. The topological polar surface area (TPSA) is 12.9 Å². The van der Waals surface area contributed by atoms with E-state index in [9.17, 15) is 0 Å². The number of thiophene rings is 1. The van der Waals surface area contributed by atoms with Crippen LogP contribution in [0, 0.1) is 6.92 Å². The van der Waals surface area contributed by atoms with E-state index < -0.39 is 0 Å². The molecule has 0 aliphatic rings. The summed E-state index contributed by atoms with van der Waals surface area (Å²) in [5.41, 5.74) is 2.03. The Bertz CT molecular complexity index is 358. The molecule has 2 aromatic rings. The van der Waals surface area contributed by atoms with E-state index in [4.69, 9.17) is 11.6 Å². The minimum atomic E-state index is 0.607. The molecule has 0 bridgehead atoms. The highest BCUT2D eigenvalue weighted by molar-refractivity contribution is 7.17. The molecule has 2 aromatic heterocycles. The zero-order chi connectivity index (χ0) is 7.84. The van der Waals surface area contributed by atoms with Crippen LogP contribution in [-0.2, 0) is 0 Å². The first-order valence-corrected chi connectivity index (χ1v) is 4.53. The lowest BCUT2D eigenvalue weighted by molar-refractivity contribution is 1.34. The molecule has 0 atom stereocenters. The molecule has 3 heteroatoms. The van der Waals surface area contributed by atoms with Crippen LogP contribution < -0.4 is 0 Å². The van der Waals surface area contributed by atoms with Crippen molar-refractivity contribution in [3.63, 3.8) is 0 Å². The Kier molecular flexibility index (Phi) is 1.59. The monoisotopic (exact) mass is 183 g/mol. The lowest BCUT2D eigenvalue weighted by Crippen LogP contribution is -1.79. The van der Waals surface area contributed by atoms with Gasteiger partial charge in [0.1, 0.15) is 5.15 Å². The zero-order valence-corrected chi connectivity index (χ0v) is 7.54. The van der Waals surface area contributed by atoms with Gasteiger partial charge in [0.05, 0.1) is 10.2 Å². The fourth-order valence-corrected chi connectivity index (χ4v) is 1.93. The van der Waals surface area contributed by atoms with Crippen LogP contribution in [0.3, 0.4) is 0 Å². The highest BCUT2D eigenvalue weighted by Crippen LogP contribution is 2.23. The molecule has 1 nitrogen and oxygen atoms in total. The average Bonchev–Trinajstić information content (AvgIpc) is 2.36. The maximum atomic E-state index is 5.84. The number of pyridine rings is 1. The van der Waals surface area contributed by atoms with Gasteiger partial charge in [0.2, 0.25) is 0 Å². The van der Waals surface area contributed by atoms with Crippen molar-refractivity contribution in [1.29, 1.82) is 0 Å². The van der Waals surface area contributed by atoms with Gasteiger partial charge < -0.3 is 0 Å². The molecule has 56 valence electrons. The molecule has 0 aliphatic carbocycles. The van der Waals surface area contributed by atoms with Gasteiger partial charge in [-0.2, -0.15) is 0 Å². The zero-order valence-electron chi connectivity index (χ0n) is 5.97. The van der Waals surface area contributed by atoms with Crippen molar-refractivity contribution >= 4 is 33.2 Å². The molecule has 2 heterocycles. The largest absolute Gasteiger partial charge is 0.235 e. The summed E-state index contributed by atoms with van der Waals surface area (Å²) in [6.45, 7) is 1.97.